The molecule has 0 aliphatic heterocycles. The van der Waals surface area contributed by atoms with Crippen molar-refractivity contribution in [3.63, 3.8) is 0 Å². The number of aliphatic carboxylic acids is 1. The summed E-state index contributed by atoms with van der Waals surface area (Å²) in [5.74, 6) is -0.566. The molecule has 18 heavy (non-hydrogen) atoms. The Balaban J connectivity index is 2.29. The molecule has 0 spiro atoms. The quantitative estimate of drug-likeness (QED) is 0.889. The zero-order valence-corrected chi connectivity index (χ0v) is 11.2. The zero-order valence-electron chi connectivity index (χ0n) is 10.4. The number of nitrogens with two attached hydrogens (primary N) is 1. The maximum absolute atomic E-state index is 10.7. The topological polar surface area (TPSA) is 76.2 Å². The van der Waals surface area contributed by atoms with Crippen LogP contribution < -0.4 is 5.73 Å². The van der Waals surface area contributed by atoms with Gasteiger partial charge in [0.25, 0.3) is 0 Å². The van der Waals surface area contributed by atoms with Gasteiger partial charge in [-0.05, 0) is 24.1 Å². The lowest BCUT2D eigenvalue weighted by molar-refractivity contribution is -0.138. The third kappa shape index (κ3) is 2.68. The monoisotopic (exact) mass is 264 g/mol. The molecule has 5 heteroatoms. The Morgan fingerprint density at radius 2 is 2.22 bits per heavy atom. The Bertz CT molecular complexity index is 577. The number of fused-ring (bicyclic) bond motifs is 1. The third-order valence-electron chi connectivity index (χ3n) is 2.74. The number of benzene rings is 1. The second kappa shape index (κ2) is 5.04. The third-order valence-corrected chi connectivity index (χ3v) is 4.07. The first-order valence-corrected chi connectivity index (χ1v) is 6.66. The van der Waals surface area contributed by atoms with Gasteiger partial charge in [-0.1, -0.05) is 19.9 Å². The molecular formula is C13H16N2O2S. The summed E-state index contributed by atoms with van der Waals surface area (Å²) < 4.78 is 1.13. The van der Waals surface area contributed by atoms with Gasteiger partial charge in [0, 0.05) is 5.92 Å². The first kappa shape index (κ1) is 13.0. The number of carboxylic acids is 1. The van der Waals surface area contributed by atoms with E-state index in [1.165, 1.54) is 0 Å². The molecule has 0 radical (unpaired) electrons. The highest BCUT2D eigenvalue weighted by atomic mass is 32.1. The van der Waals surface area contributed by atoms with Crippen molar-refractivity contribution in [1.29, 1.82) is 0 Å². The number of carbonyl (C=O) groups is 1. The summed E-state index contributed by atoms with van der Waals surface area (Å²) in [6, 6.07) is 4.99. The minimum absolute atomic E-state index is 0.333. The Kier molecular flexibility index (Phi) is 3.63. The van der Waals surface area contributed by atoms with E-state index in [0.29, 0.717) is 12.3 Å². The summed E-state index contributed by atoms with van der Waals surface area (Å²) >= 11 is 1.68. The van der Waals surface area contributed by atoms with E-state index in [4.69, 9.17) is 10.8 Å². The minimum atomic E-state index is -0.976. The standard InChI is InChI=1S/C13H16N2O2S/c1-7(2)12-15-10-6-8(3-4-11(10)18-12)5-9(14)13(16)17/h3-4,6-7,9H,5,14H2,1-2H3,(H,16,17). The van der Waals surface area contributed by atoms with Crippen LogP contribution in [-0.2, 0) is 11.2 Å². The lowest BCUT2D eigenvalue weighted by atomic mass is 10.1. The highest BCUT2D eigenvalue weighted by molar-refractivity contribution is 7.18. The van der Waals surface area contributed by atoms with Crippen molar-refractivity contribution in [3.8, 4) is 0 Å². The molecule has 2 aromatic rings. The van der Waals surface area contributed by atoms with E-state index in [1.54, 1.807) is 11.3 Å². The molecule has 2 rings (SSSR count). The molecule has 0 aliphatic rings. The number of hydrogen-bond acceptors (Lipinski definition) is 4. The van der Waals surface area contributed by atoms with Crippen LogP contribution in [-0.4, -0.2) is 22.1 Å². The predicted octanol–water partition coefficient (Wildman–Crippen LogP) is 2.37. The summed E-state index contributed by atoms with van der Waals surface area (Å²) in [5, 5.41) is 9.90. The molecule has 96 valence electrons. The normalized spacial score (nSPS) is 13.1. The first-order chi connectivity index (χ1) is 8.47. The van der Waals surface area contributed by atoms with Crippen molar-refractivity contribution in [2.75, 3.05) is 0 Å². The maximum Gasteiger partial charge on any atom is 0.320 e. The number of rotatable bonds is 4. The van der Waals surface area contributed by atoms with Crippen molar-refractivity contribution >= 4 is 27.5 Å². The van der Waals surface area contributed by atoms with E-state index < -0.39 is 12.0 Å². The molecule has 0 aliphatic carbocycles. The van der Waals surface area contributed by atoms with E-state index in [1.807, 2.05) is 18.2 Å². The van der Waals surface area contributed by atoms with Gasteiger partial charge in [-0.25, -0.2) is 4.98 Å². The van der Waals surface area contributed by atoms with E-state index in [2.05, 4.69) is 18.8 Å². The second-order valence-electron chi connectivity index (χ2n) is 4.66. The van der Waals surface area contributed by atoms with Gasteiger partial charge in [0.1, 0.15) is 6.04 Å². The molecular weight excluding hydrogens is 248 g/mol. The van der Waals surface area contributed by atoms with Gasteiger partial charge in [0.15, 0.2) is 0 Å². The molecule has 1 heterocycles. The summed E-state index contributed by atoms with van der Waals surface area (Å²) in [4.78, 5) is 15.3. The summed E-state index contributed by atoms with van der Waals surface area (Å²) in [5.41, 5.74) is 7.37. The second-order valence-corrected chi connectivity index (χ2v) is 5.72. The summed E-state index contributed by atoms with van der Waals surface area (Å²) in [7, 11) is 0. The van der Waals surface area contributed by atoms with Gasteiger partial charge >= 0.3 is 5.97 Å². The summed E-state index contributed by atoms with van der Waals surface area (Å²) in [6.45, 7) is 4.22. The van der Waals surface area contributed by atoms with Crippen LogP contribution in [0.1, 0.15) is 30.3 Å². The molecule has 4 nitrogen and oxygen atoms in total. The number of thiazole rings is 1. The lowest BCUT2D eigenvalue weighted by Gasteiger charge is -2.05. The maximum atomic E-state index is 10.7. The molecule has 0 bridgehead atoms. The van der Waals surface area contributed by atoms with Crippen molar-refractivity contribution in [2.24, 2.45) is 5.73 Å². The van der Waals surface area contributed by atoms with Crippen molar-refractivity contribution in [3.05, 3.63) is 28.8 Å². The number of carboxylic acid groups (broad SMARTS) is 1. The van der Waals surface area contributed by atoms with E-state index in [9.17, 15) is 4.79 Å². The highest BCUT2D eigenvalue weighted by Crippen LogP contribution is 2.27. The van der Waals surface area contributed by atoms with Gasteiger partial charge in [-0.2, -0.15) is 0 Å². The Labute approximate surface area is 109 Å². The molecule has 3 N–H and O–H groups in total. The highest BCUT2D eigenvalue weighted by Gasteiger charge is 2.13. The molecule has 1 atom stereocenters. The van der Waals surface area contributed by atoms with Crippen molar-refractivity contribution in [1.82, 2.24) is 4.98 Å². The van der Waals surface area contributed by atoms with E-state index >= 15 is 0 Å². The Hall–Kier alpha value is -1.46. The number of aromatic nitrogens is 1. The smallest absolute Gasteiger partial charge is 0.320 e. The van der Waals surface area contributed by atoms with Crippen molar-refractivity contribution in [2.45, 2.75) is 32.2 Å². The Morgan fingerprint density at radius 1 is 1.50 bits per heavy atom. The fourth-order valence-corrected chi connectivity index (χ4v) is 2.66. The minimum Gasteiger partial charge on any atom is -0.480 e. The number of nitrogens with zero attached hydrogens (tertiary/aromatic N) is 1. The van der Waals surface area contributed by atoms with Crippen molar-refractivity contribution < 1.29 is 9.90 Å². The Morgan fingerprint density at radius 3 is 2.83 bits per heavy atom. The molecule has 1 aromatic heterocycles. The molecule has 0 amide bonds. The van der Waals surface area contributed by atoms with Crippen LogP contribution in [0.3, 0.4) is 0 Å². The van der Waals surface area contributed by atoms with Gasteiger partial charge in [0.05, 0.1) is 15.2 Å². The van der Waals surface area contributed by atoms with Crippen LogP contribution in [0.4, 0.5) is 0 Å². The van der Waals surface area contributed by atoms with Gasteiger partial charge in [-0.15, -0.1) is 11.3 Å². The largest absolute Gasteiger partial charge is 0.480 e. The average Bonchev–Trinajstić information content (AvgIpc) is 2.71. The van der Waals surface area contributed by atoms with Gasteiger partial charge in [-0.3, -0.25) is 4.79 Å². The SMILES string of the molecule is CC(C)c1nc2cc(CC(N)C(=O)O)ccc2s1. The van der Waals surface area contributed by atoms with Crippen LogP contribution >= 0.6 is 11.3 Å². The predicted molar refractivity (Wildman–Crippen MR) is 73.0 cm³/mol. The van der Waals surface area contributed by atoms with Crippen LogP contribution in [0.5, 0.6) is 0 Å². The molecule has 1 unspecified atom stereocenters. The van der Waals surface area contributed by atoms with Gasteiger partial charge < -0.3 is 10.8 Å². The molecule has 0 saturated heterocycles. The fraction of sp³-hybridized carbons (Fsp3) is 0.385. The zero-order chi connectivity index (χ0) is 13.3. The molecule has 0 saturated carbocycles. The first-order valence-electron chi connectivity index (χ1n) is 5.85. The summed E-state index contributed by atoms with van der Waals surface area (Å²) in [6.07, 6.45) is 0.333. The molecule has 0 fully saturated rings. The number of hydrogen-bond donors (Lipinski definition) is 2. The lowest BCUT2D eigenvalue weighted by Crippen LogP contribution is -2.32. The van der Waals surface area contributed by atoms with Gasteiger partial charge in [0.2, 0.25) is 0 Å². The van der Waals surface area contributed by atoms with Crippen LogP contribution in [0.25, 0.3) is 10.2 Å². The van der Waals surface area contributed by atoms with E-state index in [0.717, 1.165) is 20.8 Å². The van der Waals surface area contributed by atoms with Crippen LogP contribution in [0.15, 0.2) is 18.2 Å². The fourth-order valence-electron chi connectivity index (χ4n) is 1.71. The van der Waals surface area contributed by atoms with Crippen LogP contribution in [0, 0.1) is 0 Å². The van der Waals surface area contributed by atoms with Crippen LogP contribution in [0.2, 0.25) is 0 Å². The average molecular weight is 264 g/mol. The van der Waals surface area contributed by atoms with E-state index in [-0.39, 0.29) is 0 Å². The molecule has 1 aromatic carbocycles.